The number of anilines is 1. The highest BCUT2D eigenvalue weighted by molar-refractivity contribution is 6.03. The standard InChI is InChI=1S/C18H15N3O2/c19-14-8-5-13(6-9-14)18(23)21-20-11-16-15-4-2-1-3-12(15)7-10-17(16)22/h1-11,22H,19H2,(H,21,23)/b20-11+. The van der Waals surface area contributed by atoms with Gasteiger partial charge in [-0.15, -0.1) is 0 Å². The number of nitrogens with two attached hydrogens (primary N) is 1. The molecule has 0 heterocycles. The number of aromatic hydroxyl groups is 1. The number of carbonyl (C=O) groups is 1. The third-order valence-electron chi connectivity index (χ3n) is 3.48. The van der Waals surface area contributed by atoms with Crippen molar-refractivity contribution in [2.24, 2.45) is 5.10 Å². The molecule has 0 aliphatic carbocycles. The molecule has 4 N–H and O–H groups in total. The maximum Gasteiger partial charge on any atom is 0.271 e. The number of fused-ring (bicyclic) bond motifs is 1. The van der Waals surface area contributed by atoms with Crippen LogP contribution in [0.25, 0.3) is 10.8 Å². The minimum absolute atomic E-state index is 0.106. The van der Waals surface area contributed by atoms with Crippen LogP contribution in [0.3, 0.4) is 0 Å². The zero-order chi connectivity index (χ0) is 16.2. The van der Waals surface area contributed by atoms with Gasteiger partial charge in [-0.1, -0.05) is 30.3 Å². The Hall–Kier alpha value is -3.34. The lowest BCUT2D eigenvalue weighted by Crippen LogP contribution is -2.17. The molecule has 0 radical (unpaired) electrons. The van der Waals surface area contributed by atoms with Crippen LogP contribution >= 0.6 is 0 Å². The van der Waals surface area contributed by atoms with Crippen molar-refractivity contribution in [2.75, 3.05) is 5.73 Å². The van der Waals surface area contributed by atoms with Gasteiger partial charge >= 0.3 is 0 Å². The molecule has 114 valence electrons. The van der Waals surface area contributed by atoms with E-state index in [1.54, 1.807) is 30.3 Å². The van der Waals surface area contributed by atoms with E-state index in [0.29, 0.717) is 16.8 Å². The Balaban J connectivity index is 1.82. The van der Waals surface area contributed by atoms with Crippen LogP contribution in [0.15, 0.2) is 65.8 Å². The second-order valence-corrected chi connectivity index (χ2v) is 5.04. The van der Waals surface area contributed by atoms with E-state index in [1.807, 2.05) is 30.3 Å². The van der Waals surface area contributed by atoms with E-state index >= 15 is 0 Å². The van der Waals surface area contributed by atoms with Crippen molar-refractivity contribution in [3.05, 3.63) is 71.8 Å². The van der Waals surface area contributed by atoms with Crippen molar-refractivity contribution >= 4 is 28.6 Å². The van der Waals surface area contributed by atoms with E-state index in [-0.39, 0.29) is 11.7 Å². The van der Waals surface area contributed by atoms with Gasteiger partial charge in [0.25, 0.3) is 5.91 Å². The molecule has 0 bridgehead atoms. The fourth-order valence-electron chi connectivity index (χ4n) is 2.27. The fourth-order valence-corrected chi connectivity index (χ4v) is 2.27. The first-order valence-corrected chi connectivity index (χ1v) is 7.05. The molecular formula is C18H15N3O2. The summed E-state index contributed by atoms with van der Waals surface area (Å²) >= 11 is 0. The Morgan fingerprint density at radius 3 is 2.57 bits per heavy atom. The van der Waals surface area contributed by atoms with E-state index in [0.717, 1.165) is 10.8 Å². The molecule has 3 rings (SSSR count). The fraction of sp³-hybridized carbons (Fsp3) is 0. The second kappa shape index (κ2) is 6.19. The summed E-state index contributed by atoms with van der Waals surface area (Å²) < 4.78 is 0. The van der Waals surface area contributed by atoms with Crippen molar-refractivity contribution < 1.29 is 9.90 Å². The zero-order valence-corrected chi connectivity index (χ0v) is 12.2. The van der Waals surface area contributed by atoms with Crippen LogP contribution in [0, 0.1) is 0 Å². The summed E-state index contributed by atoms with van der Waals surface area (Å²) in [6.45, 7) is 0. The van der Waals surface area contributed by atoms with Gasteiger partial charge in [0.05, 0.1) is 6.21 Å². The first-order valence-electron chi connectivity index (χ1n) is 7.05. The Bertz CT molecular complexity index is 886. The van der Waals surface area contributed by atoms with Crippen molar-refractivity contribution in [1.29, 1.82) is 0 Å². The Morgan fingerprint density at radius 2 is 1.78 bits per heavy atom. The number of nitrogens with one attached hydrogen (secondary N) is 1. The lowest BCUT2D eigenvalue weighted by Gasteiger charge is -2.05. The molecule has 23 heavy (non-hydrogen) atoms. The van der Waals surface area contributed by atoms with E-state index in [1.165, 1.54) is 6.21 Å². The van der Waals surface area contributed by atoms with E-state index < -0.39 is 0 Å². The lowest BCUT2D eigenvalue weighted by atomic mass is 10.0. The Kier molecular flexibility index (Phi) is 3.93. The van der Waals surface area contributed by atoms with Crippen LogP contribution in [-0.4, -0.2) is 17.2 Å². The molecule has 0 saturated carbocycles. The first kappa shape index (κ1) is 14.6. The monoisotopic (exact) mass is 305 g/mol. The van der Waals surface area contributed by atoms with Crippen LogP contribution < -0.4 is 11.2 Å². The zero-order valence-electron chi connectivity index (χ0n) is 12.2. The molecule has 0 unspecified atom stereocenters. The maximum absolute atomic E-state index is 12.0. The van der Waals surface area contributed by atoms with E-state index in [2.05, 4.69) is 10.5 Å². The van der Waals surface area contributed by atoms with Gasteiger partial charge in [0.1, 0.15) is 5.75 Å². The molecule has 0 aromatic heterocycles. The molecule has 0 atom stereocenters. The van der Waals surface area contributed by atoms with Gasteiger partial charge in [0.15, 0.2) is 0 Å². The molecule has 0 aliphatic heterocycles. The summed E-state index contributed by atoms with van der Waals surface area (Å²) in [5.41, 5.74) is 9.62. The van der Waals surface area contributed by atoms with Gasteiger partial charge < -0.3 is 10.8 Å². The third-order valence-corrected chi connectivity index (χ3v) is 3.48. The van der Waals surface area contributed by atoms with Crippen molar-refractivity contribution in [2.45, 2.75) is 0 Å². The van der Waals surface area contributed by atoms with Gasteiger partial charge in [0, 0.05) is 16.8 Å². The lowest BCUT2D eigenvalue weighted by molar-refractivity contribution is 0.0955. The summed E-state index contributed by atoms with van der Waals surface area (Å²) in [6, 6.07) is 17.6. The van der Waals surface area contributed by atoms with Gasteiger partial charge in [0.2, 0.25) is 0 Å². The molecule has 3 aromatic carbocycles. The molecule has 0 spiro atoms. The quantitative estimate of drug-likeness (QED) is 0.395. The number of amides is 1. The molecular weight excluding hydrogens is 290 g/mol. The predicted octanol–water partition coefficient (Wildman–Crippen LogP) is 2.89. The van der Waals surface area contributed by atoms with Crippen LogP contribution in [0.1, 0.15) is 15.9 Å². The molecule has 5 nitrogen and oxygen atoms in total. The molecule has 1 amide bonds. The Labute approximate surface area is 133 Å². The summed E-state index contributed by atoms with van der Waals surface area (Å²) in [7, 11) is 0. The van der Waals surface area contributed by atoms with Crippen molar-refractivity contribution in [1.82, 2.24) is 5.43 Å². The third kappa shape index (κ3) is 3.13. The number of carbonyl (C=O) groups excluding carboxylic acids is 1. The number of hydrazone groups is 1. The van der Waals surface area contributed by atoms with Gasteiger partial charge in [-0.3, -0.25) is 4.79 Å². The number of nitrogens with zero attached hydrogens (tertiary/aromatic N) is 1. The molecule has 0 saturated heterocycles. The SMILES string of the molecule is Nc1ccc(C(=O)N/N=C/c2c(O)ccc3ccccc23)cc1. The molecule has 3 aromatic rings. The number of benzene rings is 3. The van der Waals surface area contributed by atoms with Crippen LogP contribution in [0.2, 0.25) is 0 Å². The maximum atomic E-state index is 12.0. The molecule has 5 heteroatoms. The minimum Gasteiger partial charge on any atom is -0.507 e. The highest BCUT2D eigenvalue weighted by Gasteiger charge is 2.06. The number of nitrogen functional groups attached to an aromatic ring is 1. The van der Waals surface area contributed by atoms with Gasteiger partial charge in [-0.25, -0.2) is 5.43 Å². The average Bonchev–Trinajstić information content (AvgIpc) is 2.57. The average molecular weight is 305 g/mol. The molecule has 0 aliphatic rings. The second-order valence-electron chi connectivity index (χ2n) is 5.04. The van der Waals surface area contributed by atoms with Crippen molar-refractivity contribution in [3.8, 4) is 5.75 Å². The van der Waals surface area contributed by atoms with Gasteiger partial charge in [-0.05, 0) is 41.1 Å². The Morgan fingerprint density at radius 1 is 1.04 bits per heavy atom. The number of hydrogen-bond donors (Lipinski definition) is 3. The highest BCUT2D eigenvalue weighted by Crippen LogP contribution is 2.25. The van der Waals surface area contributed by atoms with Gasteiger partial charge in [-0.2, -0.15) is 5.10 Å². The summed E-state index contributed by atoms with van der Waals surface area (Å²) in [4.78, 5) is 12.0. The highest BCUT2D eigenvalue weighted by atomic mass is 16.3. The largest absolute Gasteiger partial charge is 0.507 e. The summed E-state index contributed by atoms with van der Waals surface area (Å²) in [6.07, 6.45) is 1.44. The van der Waals surface area contributed by atoms with E-state index in [4.69, 9.17) is 5.73 Å². The summed E-state index contributed by atoms with van der Waals surface area (Å²) in [5.74, 6) is -0.241. The van der Waals surface area contributed by atoms with Crippen LogP contribution in [0.4, 0.5) is 5.69 Å². The molecule has 0 fully saturated rings. The van der Waals surface area contributed by atoms with Crippen LogP contribution in [0.5, 0.6) is 5.75 Å². The van der Waals surface area contributed by atoms with Crippen molar-refractivity contribution in [3.63, 3.8) is 0 Å². The number of phenols is 1. The van der Waals surface area contributed by atoms with E-state index in [9.17, 15) is 9.90 Å². The number of phenolic OH excluding ortho intramolecular Hbond substituents is 1. The summed E-state index contributed by atoms with van der Waals surface area (Å²) in [5, 5.41) is 15.8. The topological polar surface area (TPSA) is 87.7 Å². The number of rotatable bonds is 3. The van der Waals surface area contributed by atoms with Crippen LogP contribution in [-0.2, 0) is 0 Å². The first-order chi connectivity index (χ1) is 11.1. The normalized spacial score (nSPS) is 11.0. The predicted molar refractivity (Wildman–Crippen MR) is 91.5 cm³/mol. The smallest absolute Gasteiger partial charge is 0.271 e. The minimum atomic E-state index is -0.346. The number of hydrogen-bond acceptors (Lipinski definition) is 4.